The summed E-state index contributed by atoms with van der Waals surface area (Å²) >= 11 is 0. The number of amides is 10. The highest BCUT2D eigenvalue weighted by Crippen LogP contribution is 2.43. The van der Waals surface area contributed by atoms with Crippen LogP contribution in [0.4, 0.5) is 9.59 Å². The predicted octanol–water partition coefficient (Wildman–Crippen LogP) is 15.0. The lowest BCUT2D eigenvalue weighted by atomic mass is 9.77. The number of benzene rings is 9. The Hall–Kier alpha value is -15.4. The zero-order chi connectivity index (χ0) is 108. The number of ether oxygens (including phenoxy) is 5. The molecule has 786 valence electrons. The second kappa shape index (κ2) is 47.6. The number of likely N-dealkylation sites (tertiary alicyclic amines) is 2. The van der Waals surface area contributed by atoms with E-state index < -0.39 is 165 Å². The number of allylic oxidation sites excluding steroid dienone is 1. The van der Waals surface area contributed by atoms with Gasteiger partial charge in [0.15, 0.2) is 5.82 Å². The molecule has 2 saturated heterocycles. The van der Waals surface area contributed by atoms with Crippen LogP contribution in [-0.2, 0) is 95.2 Å². The molecular formula is C116H141N17O16. The summed E-state index contributed by atoms with van der Waals surface area (Å²) in [5.74, 6) is -5.09. The molecule has 0 radical (unpaired) electrons. The first-order valence-electron chi connectivity index (χ1n) is 50.6. The lowest BCUT2D eigenvalue weighted by Gasteiger charge is -2.37. The van der Waals surface area contributed by atoms with E-state index >= 15 is 28.8 Å². The standard InChI is InChI=1S/C116H141N17O16/c1-22-37-79-67-95(130(69-79)106(140)97(111(5,6)7)121-100(134)73(3)128(20)109(143)148-114(14,15)16)104(138)118-93(66-78-49-55-81-39-34-36-41-83(81)62-78)103(137)120-94(108(142)147-113(11,12)13)64-76-52-58-90(59-53-76)146-72-87-70-132(126-123-87)88-68-96(131(71-88)107(141)98(112(8,9)10)122-101(135)74(4)129(21)110(144)149-115(17,18)19)105(139)119-92(65-77-48-54-80-38-33-35-40-82(80)61-77)102(136)117-91(63-75-50-56-89(57-51-75)145-60-23-2)99-124-125-127-133(99)116(84-42-27-24-28-43-84,85-44-29-25-30-45-85)86-46-31-26-32-47-86/h22-36,38-59,61-62,70,73-74,79,88,91-98H,1-2,37,60,63-69,71-72H2,3-21H3,(H,117,136)(H,118,138)(H,119,139)(H,120,137)(H,121,134)(H,122,135). The number of rotatable bonds is 39. The van der Waals surface area contributed by atoms with Gasteiger partial charge in [-0.25, -0.2) is 23.7 Å². The van der Waals surface area contributed by atoms with Crippen LogP contribution in [0.1, 0.15) is 200 Å². The molecule has 0 bridgehead atoms. The van der Waals surface area contributed by atoms with Crippen molar-refractivity contribution in [2.24, 2.45) is 16.7 Å². The molecule has 13 rings (SSSR count). The monoisotopic (exact) mass is 2030 g/mol. The third kappa shape index (κ3) is 28.3. The molecule has 33 nitrogen and oxygen atoms in total. The third-order valence-corrected chi connectivity index (χ3v) is 26.6. The van der Waals surface area contributed by atoms with Gasteiger partial charge in [-0.2, -0.15) is 0 Å². The van der Waals surface area contributed by atoms with Crippen molar-refractivity contribution in [3.05, 3.63) is 306 Å². The Morgan fingerprint density at radius 3 is 1.30 bits per heavy atom. The zero-order valence-electron chi connectivity index (χ0n) is 88.7. The van der Waals surface area contributed by atoms with Gasteiger partial charge < -0.3 is 65.4 Å². The van der Waals surface area contributed by atoms with Gasteiger partial charge in [-0.1, -0.05) is 266 Å². The maximum Gasteiger partial charge on any atom is 0.410 e. The minimum Gasteiger partial charge on any atom is -0.490 e. The molecule has 2 aliphatic heterocycles. The molecular weight excluding hydrogens is 1890 g/mol. The van der Waals surface area contributed by atoms with Gasteiger partial charge in [-0.15, -0.1) is 16.8 Å². The van der Waals surface area contributed by atoms with Gasteiger partial charge in [0, 0.05) is 59.3 Å². The summed E-state index contributed by atoms with van der Waals surface area (Å²) in [4.78, 5) is 170. The van der Waals surface area contributed by atoms with E-state index in [2.05, 4.69) is 60.6 Å². The number of likely N-dealkylation sites (N-methyl/N-ethyl adjacent to an activating group) is 2. The summed E-state index contributed by atoms with van der Waals surface area (Å²) in [5.41, 5.74) is -0.618. The Morgan fingerprint density at radius 1 is 0.430 bits per heavy atom. The van der Waals surface area contributed by atoms with Crippen molar-refractivity contribution in [3.63, 3.8) is 0 Å². The van der Waals surface area contributed by atoms with Crippen molar-refractivity contribution < 1.29 is 76.4 Å². The smallest absolute Gasteiger partial charge is 0.410 e. The molecule has 12 atom stereocenters. The number of hydrogen-bond donors (Lipinski definition) is 6. The number of tetrazole rings is 1. The maximum absolute atomic E-state index is 16.4. The topological polar surface area (TPSA) is 393 Å². The number of nitrogens with zero attached hydrogens (tertiary/aromatic N) is 11. The van der Waals surface area contributed by atoms with Crippen molar-refractivity contribution in [1.82, 2.24) is 86.7 Å². The Labute approximate surface area is 871 Å². The molecule has 9 aromatic carbocycles. The van der Waals surface area contributed by atoms with Gasteiger partial charge in [-0.3, -0.25) is 48.2 Å². The van der Waals surface area contributed by atoms with Gasteiger partial charge in [-0.05, 0) is 201 Å². The number of nitrogens with one attached hydrogen (secondary N) is 6. The number of fused-ring (bicyclic) bond motifs is 2. The fourth-order valence-electron chi connectivity index (χ4n) is 18.6. The summed E-state index contributed by atoms with van der Waals surface area (Å²) in [7, 11) is 2.86. The molecule has 2 aliphatic rings. The zero-order valence-corrected chi connectivity index (χ0v) is 88.7. The van der Waals surface area contributed by atoms with Crippen molar-refractivity contribution in [3.8, 4) is 11.5 Å². The molecule has 11 aromatic rings. The van der Waals surface area contributed by atoms with E-state index in [1.807, 2.05) is 200 Å². The van der Waals surface area contributed by atoms with Crippen LogP contribution in [0.2, 0.25) is 0 Å². The van der Waals surface area contributed by atoms with Gasteiger partial charge in [0.25, 0.3) is 0 Å². The second-order valence-corrected chi connectivity index (χ2v) is 43.8. The number of carbonyl (C=O) groups excluding carboxylic acids is 11. The minimum absolute atomic E-state index is 0.0576. The normalized spacial score (nSPS) is 16.6. The van der Waals surface area contributed by atoms with Crippen LogP contribution in [-0.4, -0.2) is 225 Å². The molecule has 0 saturated carbocycles. The highest BCUT2D eigenvalue weighted by atomic mass is 16.6. The average molecular weight is 2030 g/mol. The van der Waals surface area contributed by atoms with Crippen LogP contribution < -0.4 is 41.4 Å². The third-order valence-electron chi connectivity index (χ3n) is 26.6. The van der Waals surface area contributed by atoms with Crippen molar-refractivity contribution in [2.75, 3.05) is 33.8 Å². The summed E-state index contributed by atoms with van der Waals surface area (Å²) < 4.78 is 32.9. The first kappa shape index (κ1) is 111. The second-order valence-electron chi connectivity index (χ2n) is 43.8. The highest BCUT2D eigenvalue weighted by Gasteiger charge is 2.51. The number of hydrogen-bond acceptors (Lipinski definition) is 21. The summed E-state index contributed by atoms with van der Waals surface area (Å²) in [5, 5.41) is 45.3. The molecule has 0 aliphatic carbocycles. The predicted molar refractivity (Wildman–Crippen MR) is 568 cm³/mol. The molecule has 10 amide bonds. The van der Waals surface area contributed by atoms with Crippen molar-refractivity contribution >= 4 is 87.0 Å². The van der Waals surface area contributed by atoms with Crippen LogP contribution >= 0.6 is 0 Å². The Balaban J connectivity index is 0.785. The molecule has 2 aromatic heterocycles. The van der Waals surface area contributed by atoms with Crippen LogP contribution in [0.3, 0.4) is 0 Å². The highest BCUT2D eigenvalue weighted by molar-refractivity contribution is 5.99. The van der Waals surface area contributed by atoms with Crippen LogP contribution in [0.5, 0.6) is 11.5 Å². The molecule has 6 N–H and O–H groups in total. The molecule has 4 heterocycles. The molecule has 2 fully saturated rings. The number of esters is 1. The van der Waals surface area contributed by atoms with Crippen molar-refractivity contribution in [1.29, 1.82) is 0 Å². The molecule has 33 heteroatoms. The largest absolute Gasteiger partial charge is 0.490 e. The quantitative estimate of drug-likeness (QED) is 0.00902. The SMILES string of the molecule is C=CCOc1ccc(CC(NC(=O)C(Cc2ccc3ccccc3c2)NC(=O)C2CC(n3cc(COc4ccc(CC(NC(=O)C(Cc5ccc6ccccc6c5)NC(=O)C5CC(CC=C)CN5C(=O)C(NC(=O)C(C)N(C)C(=O)OC(C)(C)C)C(C)(C)C)C(=O)OC(C)(C)C)cc4)nn3)CN2C(=O)C(NC(=O)C(C)N(C)C(=O)OC(C)(C)C)C(C)(C)C)c2nnnn2C(c2ccccc2)(c2ccccc2)c2ccccc2)cc1. The average Bonchev–Trinajstić information content (AvgIpc) is 1.21. The van der Waals surface area contributed by atoms with Gasteiger partial charge in [0.1, 0.15) is 107 Å². The van der Waals surface area contributed by atoms with Gasteiger partial charge in [0.05, 0.1) is 18.3 Å². The van der Waals surface area contributed by atoms with E-state index in [0.717, 1.165) is 53.6 Å². The van der Waals surface area contributed by atoms with E-state index in [9.17, 15) is 24.0 Å². The fraction of sp³-hybridized carbons (Fsp3) is 0.414. The van der Waals surface area contributed by atoms with Gasteiger partial charge in [0.2, 0.25) is 47.3 Å². The minimum atomic E-state index is -1.39. The summed E-state index contributed by atoms with van der Waals surface area (Å²) in [6, 6.07) is 57.6. The summed E-state index contributed by atoms with van der Waals surface area (Å²) in [6.07, 6.45) is 3.89. The van der Waals surface area contributed by atoms with Gasteiger partial charge >= 0.3 is 18.2 Å². The van der Waals surface area contributed by atoms with Crippen LogP contribution in [0, 0.1) is 16.7 Å². The lowest BCUT2D eigenvalue weighted by molar-refractivity contribution is -0.158. The van der Waals surface area contributed by atoms with Crippen molar-refractivity contribution in [2.45, 2.75) is 258 Å². The Bertz CT molecular complexity index is 6490. The Kier molecular flexibility index (Phi) is 35.4. The molecule has 12 unspecified atom stereocenters. The lowest BCUT2D eigenvalue weighted by Crippen LogP contribution is -2.61. The van der Waals surface area contributed by atoms with E-state index in [-0.39, 0.29) is 76.6 Å². The first-order chi connectivity index (χ1) is 70.6. The fourth-order valence-corrected chi connectivity index (χ4v) is 18.6. The number of carbonyl (C=O) groups is 11. The molecule has 0 spiro atoms. The van der Waals surface area contributed by atoms with E-state index in [1.54, 1.807) is 156 Å². The van der Waals surface area contributed by atoms with Crippen LogP contribution in [0.25, 0.3) is 21.5 Å². The van der Waals surface area contributed by atoms with E-state index in [4.69, 9.17) is 34.0 Å². The maximum atomic E-state index is 16.4. The Morgan fingerprint density at radius 2 is 0.846 bits per heavy atom. The first-order valence-corrected chi connectivity index (χ1v) is 50.6. The summed E-state index contributed by atoms with van der Waals surface area (Å²) in [6.45, 7) is 36.9. The molecule has 149 heavy (non-hydrogen) atoms. The van der Waals surface area contributed by atoms with E-state index in [1.165, 1.54) is 37.7 Å². The van der Waals surface area contributed by atoms with Crippen LogP contribution in [0.15, 0.2) is 256 Å². The number of aromatic nitrogens is 7. The van der Waals surface area contributed by atoms with E-state index in [0.29, 0.717) is 40.3 Å².